The van der Waals surface area contributed by atoms with Crippen LogP contribution in [0.3, 0.4) is 0 Å². The van der Waals surface area contributed by atoms with Crippen molar-refractivity contribution < 1.29 is 4.42 Å². The van der Waals surface area contributed by atoms with Gasteiger partial charge >= 0.3 is 0 Å². The van der Waals surface area contributed by atoms with Crippen LogP contribution in [0.25, 0.3) is 82.8 Å². The number of benzene rings is 4. The van der Waals surface area contributed by atoms with Gasteiger partial charge in [-0.25, -0.2) is 0 Å². The molecule has 7 heteroatoms. The smallest absolute Gasteiger partial charge is 0.135 e. The highest BCUT2D eigenvalue weighted by molar-refractivity contribution is 6.11. The molecule has 10 aromatic rings. The van der Waals surface area contributed by atoms with E-state index in [1.165, 1.54) is 0 Å². The SMILES string of the molecule is C=C1/C=C\C=C/CN(c2ccc3c(c2)c2ncccc2n3-c2ccc3oc4ccc(-n5c6ccccc6c6ncccc65)cc4c3c2)c2cccnc21. The van der Waals surface area contributed by atoms with E-state index in [2.05, 4.69) is 130 Å². The van der Waals surface area contributed by atoms with Gasteiger partial charge in [-0.05, 0) is 103 Å². The Morgan fingerprint density at radius 1 is 0.528 bits per heavy atom. The molecule has 0 bridgehead atoms. The maximum absolute atomic E-state index is 6.42. The summed E-state index contributed by atoms with van der Waals surface area (Å²) in [6.45, 7) is 4.99. The van der Waals surface area contributed by atoms with Crippen LogP contribution in [-0.4, -0.2) is 30.6 Å². The molecular formula is C46H30N6O. The number of pyridine rings is 3. The topological polar surface area (TPSA) is 64.9 Å². The van der Waals surface area contributed by atoms with Crippen LogP contribution in [0.4, 0.5) is 11.4 Å². The van der Waals surface area contributed by atoms with Crippen molar-refractivity contribution in [2.75, 3.05) is 11.4 Å². The molecular weight excluding hydrogens is 653 g/mol. The molecule has 4 aromatic carbocycles. The van der Waals surface area contributed by atoms with Crippen LogP contribution in [0.15, 0.2) is 169 Å². The Labute approximate surface area is 303 Å². The maximum atomic E-state index is 6.42. The monoisotopic (exact) mass is 682 g/mol. The van der Waals surface area contributed by atoms with Crippen LogP contribution in [0.1, 0.15) is 5.69 Å². The van der Waals surface area contributed by atoms with Crippen LogP contribution < -0.4 is 4.90 Å². The third kappa shape index (κ3) is 4.44. The molecule has 250 valence electrons. The number of hydrogen-bond donors (Lipinski definition) is 0. The van der Waals surface area contributed by atoms with E-state index in [0.29, 0.717) is 6.54 Å². The van der Waals surface area contributed by atoms with Gasteiger partial charge in [-0.2, -0.15) is 0 Å². The van der Waals surface area contributed by atoms with Gasteiger partial charge in [0.25, 0.3) is 0 Å². The Kier molecular flexibility index (Phi) is 6.33. The minimum atomic E-state index is 0.686. The molecule has 0 radical (unpaired) electrons. The predicted molar refractivity (Wildman–Crippen MR) is 217 cm³/mol. The van der Waals surface area contributed by atoms with E-state index >= 15 is 0 Å². The second-order valence-electron chi connectivity index (χ2n) is 13.4. The number of allylic oxidation sites excluding steroid dienone is 4. The third-order valence-corrected chi connectivity index (χ3v) is 10.4. The van der Waals surface area contributed by atoms with Crippen LogP contribution in [0.2, 0.25) is 0 Å². The van der Waals surface area contributed by atoms with Crippen molar-refractivity contribution >= 4 is 82.8 Å². The van der Waals surface area contributed by atoms with Crippen LogP contribution in [-0.2, 0) is 0 Å². The van der Waals surface area contributed by atoms with Gasteiger partial charge < -0.3 is 18.5 Å². The molecule has 0 fully saturated rings. The summed E-state index contributed by atoms with van der Waals surface area (Å²) in [4.78, 5) is 16.7. The van der Waals surface area contributed by atoms with Crippen LogP contribution in [0, 0.1) is 0 Å². The van der Waals surface area contributed by atoms with Gasteiger partial charge in [-0.3, -0.25) is 15.0 Å². The van der Waals surface area contributed by atoms with Crippen molar-refractivity contribution in [3.8, 4) is 11.4 Å². The third-order valence-electron chi connectivity index (χ3n) is 10.4. The fraction of sp³-hybridized carbons (Fsp3) is 0.0217. The van der Waals surface area contributed by atoms with Crippen molar-refractivity contribution in [1.82, 2.24) is 24.1 Å². The average molecular weight is 683 g/mol. The van der Waals surface area contributed by atoms with Crippen molar-refractivity contribution in [3.63, 3.8) is 0 Å². The average Bonchev–Trinajstić information content (AvgIpc) is 3.87. The zero-order valence-corrected chi connectivity index (χ0v) is 28.5. The summed E-state index contributed by atoms with van der Waals surface area (Å²) < 4.78 is 11.0. The standard InChI is InChI=1S/C46H30N6O/c1-29-10-3-2-6-25-50(39-13-7-22-47-44(29)39)30-16-19-38-36(26-30)46-41(15-9-24-49-46)52(38)32-18-21-43-35(28-32)34-27-31(17-20-42(34)53-43)51-37-12-5-4-11-33(37)45-40(51)14-8-23-48-45/h2-24,26-28H,1,25H2/b6-2-,10-3-. The molecule has 7 heterocycles. The quantitative estimate of drug-likeness (QED) is 0.186. The number of aromatic nitrogens is 5. The number of anilines is 2. The highest BCUT2D eigenvalue weighted by Gasteiger charge is 2.20. The number of hydrogen-bond acceptors (Lipinski definition) is 5. The summed E-state index contributed by atoms with van der Waals surface area (Å²) in [6.07, 6.45) is 13.8. The van der Waals surface area contributed by atoms with E-state index in [-0.39, 0.29) is 0 Å². The van der Waals surface area contributed by atoms with Crippen molar-refractivity contribution in [2.24, 2.45) is 0 Å². The number of furan rings is 1. The maximum Gasteiger partial charge on any atom is 0.135 e. The van der Waals surface area contributed by atoms with Crippen molar-refractivity contribution in [1.29, 1.82) is 0 Å². The number of rotatable bonds is 3. The summed E-state index contributed by atoms with van der Waals surface area (Å²) in [5.41, 5.74) is 13.8. The van der Waals surface area contributed by atoms with Crippen molar-refractivity contribution in [2.45, 2.75) is 0 Å². The number of fused-ring (bicyclic) bond motifs is 10. The van der Waals surface area contributed by atoms with E-state index in [9.17, 15) is 0 Å². The van der Waals surface area contributed by atoms with Gasteiger partial charge in [0.2, 0.25) is 0 Å². The second kappa shape index (κ2) is 11.4. The first-order valence-corrected chi connectivity index (χ1v) is 17.7. The fourth-order valence-electron chi connectivity index (χ4n) is 8.06. The van der Waals surface area contributed by atoms with Gasteiger partial charge in [0.1, 0.15) is 11.2 Å². The first kappa shape index (κ1) is 29.5. The predicted octanol–water partition coefficient (Wildman–Crippen LogP) is 11.2. The summed E-state index contributed by atoms with van der Waals surface area (Å²) in [5.74, 6) is 0. The highest BCUT2D eigenvalue weighted by atomic mass is 16.3. The van der Waals surface area contributed by atoms with Gasteiger partial charge in [-0.15, -0.1) is 0 Å². The summed E-state index contributed by atoms with van der Waals surface area (Å²) >= 11 is 0. The van der Waals surface area contributed by atoms with E-state index in [1.807, 2.05) is 48.9 Å². The molecule has 0 saturated heterocycles. The molecule has 0 aliphatic carbocycles. The lowest BCUT2D eigenvalue weighted by Crippen LogP contribution is -2.18. The van der Waals surface area contributed by atoms with Gasteiger partial charge in [0.05, 0.1) is 44.5 Å². The molecule has 0 atom stereocenters. The molecule has 1 aliphatic heterocycles. The summed E-state index contributed by atoms with van der Waals surface area (Å²) in [5, 5.41) is 4.31. The highest BCUT2D eigenvalue weighted by Crippen LogP contribution is 2.40. The summed E-state index contributed by atoms with van der Waals surface area (Å²) in [6, 6.07) is 40.4. The number of para-hydroxylation sites is 1. The molecule has 0 N–H and O–H groups in total. The van der Waals surface area contributed by atoms with E-state index in [1.54, 1.807) is 0 Å². The largest absolute Gasteiger partial charge is 0.456 e. The fourth-order valence-corrected chi connectivity index (χ4v) is 8.06. The molecule has 0 spiro atoms. The lowest BCUT2D eigenvalue weighted by atomic mass is 10.1. The van der Waals surface area contributed by atoms with Gasteiger partial charge in [0, 0.05) is 63.7 Å². The molecule has 1 aliphatic rings. The number of nitrogens with zero attached hydrogens (tertiary/aromatic N) is 6. The molecule has 11 rings (SSSR count). The first-order valence-electron chi connectivity index (χ1n) is 17.7. The lowest BCUT2D eigenvalue weighted by molar-refractivity contribution is 0.669. The van der Waals surface area contributed by atoms with Crippen LogP contribution in [0.5, 0.6) is 0 Å². The van der Waals surface area contributed by atoms with E-state index in [0.717, 1.165) is 99.8 Å². The van der Waals surface area contributed by atoms with Gasteiger partial charge in [-0.1, -0.05) is 49.1 Å². The normalized spacial score (nSPS) is 14.6. The molecule has 0 saturated carbocycles. The zero-order valence-electron chi connectivity index (χ0n) is 28.5. The van der Waals surface area contributed by atoms with Crippen molar-refractivity contribution in [3.05, 3.63) is 170 Å². The second-order valence-corrected chi connectivity index (χ2v) is 13.4. The molecule has 0 amide bonds. The van der Waals surface area contributed by atoms with Gasteiger partial charge in [0.15, 0.2) is 0 Å². The Morgan fingerprint density at radius 3 is 1.89 bits per heavy atom. The molecule has 6 aromatic heterocycles. The Morgan fingerprint density at radius 2 is 1.13 bits per heavy atom. The Bertz CT molecular complexity index is 3140. The zero-order chi connectivity index (χ0) is 35.0. The van der Waals surface area contributed by atoms with E-state index in [4.69, 9.17) is 19.4 Å². The summed E-state index contributed by atoms with van der Waals surface area (Å²) in [7, 11) is 0. The Hall–Kier alpha value is -7.25. The lowest BCUT2D eigenvalue weighted by Gasteiger charge is -2.25. The molecule has 7 nitrogen and oxygen atoms in total. The molecule has 53 heavy (non-hydrogen) atoms. The molecule has 0 unspecified atom stereocenters. The first-order chi connectivity index (χ1) is 26.2. The van der Waals surface area contributed by atoms with E-state index < -0.39 is 0 Å². The van der Waals surface area contributed by atoms with Crippen LogP contribution >= 0.6 is 0 Å². The Balaban J connectivity index is 1.09. The minimum Gasteiger partial charge on any atom is -0.456 e. The minimum absolute atomic E-state index is 0.686.